The minimum Gasteiger partial charge on any atom is -0.461 e. The van der Waals surface area contributed by atoms with Crippen molar-refractivity contribution in [3.63, 3.8) is 0 Å². The largest absolute Gasteiger partial charge is 0.461 e. The fourth-order valence-electron chi connectivity index (χ4n) is 5.13. The Hall–Kier alpha value is -2.35. The number of nitrogens with zero attached hydrogens (tertiary/aromatic N) is 3. The Morgan fingerprint density at radius 2 is 1.76 bits per heavy atom. The van der Waals surface area contributed by atoms with E-state index in [9.17, 15) is 14.4 Å². The minimum absolute atomic E-state index is 0.0814. The molecule has 0 saturated carbocycles. The van der Waals surface area contributed by atoms with Crippen LogP contribution in [0.2, 0.25) is 0 Å². The number of aryl methyl sites for hydroxylation is 1. The quantitative estimate of drug-likeness (QED) is 0.603. The van der Waals surface area contributed by atoms with Crippen LogP contribution in [0.1, 0.15) is 66.8 Å². The van der Waals surface area contributed by atoms with Gasteiger partial charge in [0.2, 0.25) is 11.8 Å². The Morgan fingerprint density at radius 3 is 2.42 bits per heavy atom. The van der Waals surface area contributed by atoms with E-state index in [1.165, 1.54) is 0 Å². The third kappa shape index (κ3) is 6.16. The normalized spacial score (nSPS) is 19.6. The summed E-state index contributed by atoms with van der Waals surface area (Å²) in [5, 5.41) is 0. The van der Waals surface area contributed by atoms with E-state index < -0.39 is 0 Å². The zero-order chi connectivity index (χ0) is 24.0. The van der Waals surface area contributed by atoms with E-state index in [4.69, 9.17) is 4.74 Å². The van der Waals surface area contributed by atoms with Gasteiger partial charge in [0.15, 0.2) is 0 Å². The number of piperazine rings is 1. The molecule has 2 aliphatic rings. The number of H-pyrrole nitrogens is 1. The minimum atomic E-state index is -0.358. The number of piperidine rings is 1. The van der Waals surface area contributed by atoms with Gasteiger partial charge in [-0.25, -0.2) is 4.79 Å². The van der Waals surface area contributed by atoms with Crippen molar-refractivity contribution in [1.29, 1.82) is 0 Å². The second kappa shape index (κ2) is 11.7. The first kappa shape index (κ1) is 25.3. The number of aromatic nitrogens is 1. The summed E-state index contributed by atoms with van der Waals surface area (Å²) in [7, 11) is 0. The maximum absolute atomic E-state index is 13.1. The predicted molar refractivity (Wildman–Crippen MR) is 127 cm³/mol. The molecule has 0 bridgehead atoms. The Balaban J connectivity index is 1.53. The molecule has 2 amide bonds. The molecule has 0 unspecified atom stereocenters. The van der Waals surface area contributed by atoms with Crippen LogP contribution in [0.25, 0.3) is 0 Å². The maximum atomic E-state index is 13.1. The first-order valence-electron chi connectivity index (χ1n) is 12.5. The van der Waals surface area contributed by atoms with Gasteiger partial charge in [0, 0.05) is 51.4 Å². The van der Waals surface area contributed by atoms with Crippen LogP contribution in [0.3, 0.4) is 0 Å². The highest BCUT2D eigenvalue weighted by molar-refractivity contribution is 5.90. The predicted octanol–water partition coefficient (Wildman–Crippen LogP) is 2.53. The number of hydrogen-bond donors (Lipinski definition) is 1. The second-order valence-electron chi connectivity index (χ2n) is 9.29. The van der Waals surface area contributed by atoms with E-state index in [-0.39, 0.29) is 23.7 Å². The lowest BCUT2D eigenvalue weighted by Crippen LogP contribution is -2.53. The fourth-order valence-corrected chi connectivity index (χ4v) is 5.13. The van der Waals surface area contributed by atoms with Crippen molar-refractivity contribution in [3.8, 4) is 0 Å². The molecule has 1 N–H and O–H groups in total. The number of amides is 2. The molecular formula is C25H40N4O4. The SMILES string of the molecule is CCCN1CCN(C(=O)[C@H]2CCCN(C(=O)CCc3c(C)[nH]c(C(=O)OCC)c3C)C2)CC1. The molecule has 8 nitrogen and oxygen atoms in total. The number of aromatic amines is 1. The fraction of sp³-hybridized carbons (Fsp3) is 0.720. The number of nitrogens with one attached hydrogen (secondary N) is 1. The van der Waals surface area contributed by atoms with E-state index in [2.05, 4.69) is 16.8 Å². The number of rotatable bonds is 8. The van der Waals surface area contributed by atoms with Gasteiger partial charge < -0.3 is 19.5 Å². The van der Waals surface area contributed by atoms with Crippen LogP contribution >= 0.6 is 0 Å². The Bertz CT molecular complexity index is 842. The van der Waals surface area contributed by atoms with Gasteiger partial charge in [-0.1, -0.05) is 6.92 Å². The van der Waals surface area contributed by atoms with Crippen molar-refractivity contribution in [1.82, 2.24) is 19.7 Å². The van der Waals surface area contributed by atoms with Crippen molar-refractivity contribution in [2.24, 2.45) is 5.92 Å². The molecule has 1 aromatic heterocycles. The standard InChI is InChI=1S/C25H40N4O4/c1-5-11-27-13-15-28(16-14-27)24(31)20-8-7-12-29(17-20)22(30)10-9-21-18(3)23(26-19(21)4)25(32)33-6-2/h20,26H,5-17H2,1-4H3/t20-/m0/s1. The zero-order valence-electron chi connectivity index (χ0n) is 20.7. The summed E-state index contributed by atoms with van der Waals surface area (Å²) in [5.41, 5.74) is 3.23. The molecular weight excluding hydrogens is 420 g/mol. The van der Waals surface area contributed by atoms with Gasteiger partial charge in [-0.05, 0) is 64.1 Å². The summed E-state index contributed by atoms with van der Waals surface area (Å²) in [6, 6.07) is 0. The van der Waals surface area contributed by atoms with Crippen LogP contribution in [-0.4, -0.2) is 89.9 Å². The maximum Gasteiger partial charge on any atom is 0.355 e. The molecule has 0 aliphatic carbocycles. The van der Waals surface area contributed by atoms with Crippen molar-refractivity contribution < 1.29 is 19.1 Å². The molecule has 1 atom stereocenters. The van der Waals surface area contributed by atoms with Crippen molar-refractivity contribution in [2.75, 3.05) is 52.4 Å². The van der Waals surface area contributed by atoms with Gasteiger partial charge in [0.1, 0.15) is 5.69 Å². The van der Waals surface area contributed by atoms with E-state index in [1.807, 2.05) is 23.6 Å². The van der Waals surface area contributed by atoms with Gasteiger partial charge in [-0.2, -0.15) is 0 Å². The molecule has 2 fully saturated rings. The molecule has 8 heteroatoms. The second-order valence-corrected chi connectivity index (χ2v) is 9.29. The lowest BCUT2D eigenvalue weighted by atomic mass is 9.95. The van der Waals surface area contributed by atoms with Crippen LogP contribution in [0.15, 0.2) is 0 Å². The van der Waals surface area contributed by atoms with Gasteiger partial charge >= 0.3 is 5.97 Å². The first-order valence-corrected chi connectivity index (χ1v) is 12.5. The molecule has 3 rings (SSSR count). The number of carbonyl (C=O) groups excluding carboxylic acids is 3. The zero-order valence-corrected chi connectivity index (χ0v) is 20.7. The Kier molecular flexibility index (Phi) is 8.95. The highest BCUT2D eigenvalue weighted by atomic mass is 16.5. The van der Waals surface area contributed by atoms with Crippen molar-refractivity contribution >= 4 is 17.8 Å². The van der Waals surface area contributed by atoms with Crippen LogP contribution in [-0.2, 0) is 20.7 Å². The first-order chi connectivity index (χ1) is 15.8. The van der Waals surface area contributed by atoms with Crippen molar-refractivity contribution in [2.45, 2.75) is 59.8 Å². The van der Waals surface area contributed by atoms with Gasteiger partial charge in [-0.15, -0.1) is 0 Å². The summed E-state index contributed by atoms with van der Waals surface area (Å²) >= 11 is 0. The third-order valence-corrected chi connectivity index (χ3v) is 7.01. The highest BCUT2D eigenvalue weighted by Gasteiger charge is 2.32. The monoisotopic (exact) mass is 460 g/mol. The van der Waals surface area contributed by atoms with Gasteiger partial charge in [0.05, 0.1) is 12.5 Å². The summed E-state index contributed by atoms with van der Waals surface area (Å²) in [5.74, 6) is -0.159. The van der Waals surface area contributed by atoms with Crippen LogP contribution < -0.4 is 0 Å². The lowest BCUT2D eigenvalue weighted by molar-refractivity contribution is -0.142. The van der Waals surface area contributed by atoms with Crippen LogP contribution in [0, 0.1) is 19.8 Å². The van der Waals surface area contributed by atoms with Crippen LogP contribution in [0.4, 0.5) is 0 Å². The molecule has 33 heavy (non-hydrogen) atoms. The van der Waals surface area contributed by atoms with E-state index >= 15 is 0 Å². The smallest absolute Gasteiger partial charge is 0.355 e. The average molecular weight is 461 g/mol. The van der Waals surface area contributed by atoms with Crippen LogP contribution in [0.5, 0.6) is 0 Å². The number of carbonyl (C=O) groups is 3. The number of esters is 1. The highest BCUT2D eigenvalue weighted by Crippen LogP contribution is 2.23. The molecule has 1 aromatic rings. The molecule has 2 aliphatic heterocycles. The molecule has 0 radical (unpaired) electrons. The van der Waals surface area contributed by atoms with E-state index in [0.29, 0.717) is 38.2 Å². The Labute approximate surface area is 197 Å². The number of hydrogen-bond acceptors (Lipinski definition) is 5. The summed E-state index contributed by atoms with van der Waals surface area (Å²) in [6.07, 6.45) is 3.81. The third-order valence-electron chi connectivity index (χ3n) is 7.01. The lowest BCUT2D eigenvalue weighted by Gasteiger charge is -2.39. The number of ether oxygens (including phenoxy) is 1. The molecule has 184 valence electrons. The summed E-state index contributed by atoms with van der Waals surface area (Å²) in [6.45, 7) is 13.9. The molecule has 0 spiro atoms. The summed E-state index contributed by atoms with van der Waals surface area (Å²) in [4.78, 5) is 47.6. The van der Waals surface area contributed by atoms with Crippen molar-refractivity contribution in [3.05, 3.63) is 22.5 Å². The van der Waals surface area contributed by atoms with Gasteiger partial charge in [0.25, 0.3) is 0 Å². The van der Waals surface area contributed by atoms with Gasteiger partial charge in [-0.3, -0.25) is 14.5 Å². The molecule has 2 saturated heterocycles. The Morgan fingerprint density at radius 1 is 1.03 bits per heavy atom. The summed E-state index contributed by atoms with van der Waals surface area (Å²) < 4.78 is 5.12. The van der Waals surface area contributed by atoms with E-state index in [1.54, 1.807) is 6.92 Å². The molecule has 0 aromatic carbocycles. The number of likely N-dealkylation sites (tertiary alicyclic amines) is 1. The molecule has 3 heterocycles. The topological polar surface area (TPSA) is 86.0 Å². The average Bonchev–Trinajstić information content (AvgIpc) is 3.11. The van der Waals surface area contributed by atoms with E-state index in [0.717, 1.165) is 68.8 Å².